The van der Waals surface area contributed by atoms with Gasteiger partial charge in [0.2, 0.25) is 23.6 Å². The molecule has 4 amide bonds. The van der Waals surface area contributed by atoms with Crippen LogP contribution in [0, 0.1) is 5.92 Å². The molecule has 2 aliphatic rings. The van der Waals surface area contributed by atoms with Crippen molar-refractivity contribution in [2.24, 2.45) is 5.92 Å². The van der Waals surface area contributed by atoms with Gasteiger partial charge in [-0.2, -0.15) is 0 Å². The third-order valence-corrected chi connectivity index (χ3v) is 6.54. The fourth-order valence-electron chi connectivity index (χ4n) is 4.20. The van der Waals surface area contributed by atoms with E-state index in [0.717, 1.165) is 17.9 Å². The number of nitrogens with zero attached hydrogens (tertiary/aromatic N) is 1. The van der Waals surface area contributed by atoms with Crippen molar-refractivity contribution >= 4 is 29.6 Å². The van der Waals surface area contributed by atoms with Crippen molar-refractivity contribution in [3.8, 4) is 0 Å². The predicted molar refractivity (Wildman–Crippen MR) is 121 cm³/mol. The van der Waals surface area contributed by atoms with Crippen LogP contribution in [0.5, 0.6) is 0 Å². The van der Waals surface area contributed by atoms with Crippen molar-refractivity contribution in [3.63, 3.8) is 0 Å². The molecule has 34 heavy (non-hydrogen) atoms. The Labute approximate surface area is 199 Å². The lowest BCUT2D eigenvalue weighted by Crippen LogP contribution is -2.60. The van der Waals surface area contributed by atoms with E-state index in [0.29, 0.717) is 25.7 Å². The summed E-state index contributed by atoms with van der Waals surface area (Å²) in [7, 11) is 0. The summed E-state index contributed by atoms with van der Waals surface area (Å²) in [5.74, 6) is -3.63. The Morgan fingerprint density at radius 3 is 2.29 bits per heavy atom. The summed E-state index contributed by atoms with van der Waals surface area (Å²) in [5.41, 5.74) is 0. The Morgan fingerprint density at radius 1 is 1.03 bits per heavy atom. The van der Waals surface area contributed by atoms with Crippen molar-refractivity contribution in [3.05, 3.63) is 0 Å². The van der Waals surface area contributed by atoms with Crippen LogP contribution < -0.4 is 21.3 Å². The molecule has 2 heterocycles. The third kappa shape index (κ3) is 6.89. The maximum Gasteiger partial charge on any atom is 0.326 e. The second-order valence-corrected chi connectivity index (χ2v) is 9.02. The van der Waals surface area contributed by atoms with Crippen LogP contribution in [0.1, 0.15) is 52.9 Å². The maximum absolute atomic E-state index is 13.0. The lowest BCUT2D eigenvalue weighted by atomic mass is 9.97. The molecule has 2 aliphatic heterocycles. The molecule has 192 valence electrons. The van der Waals surface area contributed by atoms with Gasteiger partial charge >= 0.3 is 5.97 Å². The van der Waals surface area contributed by atoms with E-state index in [9.17, 15) is 34.2 Å². The largest absolute Gasteiger partial charge is 0.480 e. The zero-order valence-corrected chi connectivity index (χ0v) is 20.0. The predicted octanol–water partition coefficient (Wildman–Crippen LogP) is -1.67. The van der Waals surface area contributed by atoms with Crippen LogP contribution in [0.3, 0.4) is 0 Å². The number of carbonyl (C=O) groups excluding carboxylic acids is 4. The molecular weight excluding hydrogens is 446 g/mol. The van der Waals surface area contributed by atoms with Gasteiger partial charge in [-0.3, -0.25) is 19.2 Å². The molecule has 0 bridgehead atoms. The van der Waals surface area contributed by atoms with Gasteiger partial charge in [-0.25, -0.2) is 4.79 Å². The number of aliphatic hydroxyl groups excluding tert-OH is 1. The fourth-order valence-corrected chi connectivity index (χ4v) is 4.20. The van der Waals surface area contributed by atoms with Crippen molar-refractivity contribution < 1.29 is 34.2 Å². The van der Waals surface area contributed by atoms with E-state index in [1.807, 2.05) is 6.92 Å². The summed E-state index contributed by atoms with van der Waals surface area (Å²) < 4.78 is 0. The van der Waals surface area contributed by atoms with E-state index in [4.69, 9.17) is 0 Å². The molecule has 0 aromatic rings. The Bertz CT molecular complexity index is 771. The van der Waals surface area contributed by atoms with Gasteiger partial charge in [0.25, 0.3) is 0 Å². The van der Waals surface area contributed by atoms with E-state index in [1.165, 1.54) is 6.92 Å². The molecule has 0 aliphatic carbocycles. The minimum atomic E-state index is -1.33. The van der Waals surface area contributed by atoms with E-state index in [2.05, 4.69) is 21.3 Å². The second kappa shape index (κ2) is 12.7. The topological polar surface area (TPSA) is 177 Å². The first-order valence-electron chi connectivity index (χ1n) is 11.9. The maximum atomic E-state index is 13.0. The van der Waals surface area contributed by atoms with Crippen LogP contribution in [0.4, 0.5) is 0 Å². The lowest BCUT2D eigenvalue weighted by molar-refractivity contribution is -0.150. The third-order valence-electron chi connectivity index (χ3n) is 6.54. The molecule has 0 radical (unpaired) electrons. The number of nitrogens with one attached hydrogen (secondary N) is 4. The number of carboxylic acids is 1. The number of amides is 4. The molecule has 0 saturated carbocycles. The van der Waals surface area contributed by atoms with E-state index in [1.54, 1.807) is 6.92 Å². The first-order chi connectivity index (χ1) is 16.1. The molecule has 2 fully saturated rings. The van der Waals surface area contributed by atoms with Gasteiger partial charge in [-0.15, -0.1) is 0 Å². The number of likely N-dealkylation sites (tertiary alicyclic amines) is 1. The fraction of sp³-hybridized carbons (Fsp3) is 0.773. The van der Waals surface area contributed by atoms with Gasteiger partial charge < -0.3 is 36.4 Å². The number of rotatable bonds is 11. The average Bonchev–Trinajstić information content (AvgIpc) is 3.52. The summed E-state index contributed by atoms with van der Waals surface area (Å²) >= 11 is 0. The van der Waals surface area contributed by atoms with Gasteiger partial charge in [0, 0.05) is 6.54 Å². The molecule has 0 spiro atoms. The van der Waals surface area contributed by atoms with Crippen LogP contribution in [0.2, 0.25) is 0 Å². The number of carboxylic acid groups (broad SMARTS) is 1. The van der Waals surface area contributed by atoms with E-state index in [-0.39, 0.29) is 24.4 Å². The Kier molecular flexibility index (Phi) is 10.2. The van der Waals surface area contributed by atoms with Crippen LogP contribution in [0.15, 0.2) is 0 Å². The summed E-state index contributed by atoms with van der Waals surface area (Å²) in [5, 5.41) is 29.9. The zero-order chi connectivity index (χ0) is 25.4. The smallest absolute Gasteiger partial charge is 0.326 e. The van der Waals surface area contributed by atoms with Gasteiger partial charge in [0.1, 0.15) is 24.2 Å². The molecule has 0 unspecified atom stereocenters. The van der Waals surface area contributed by atoms with Gasteiger partial charge in [-0.05, 0) is 45.1 Å². The monoisotopic (exact) mass is 483 g/mol. The van der Waals surface area contributed by atoms with Gasteiger partial charge in [0.05, 0.1) is 12.6 Å². The quantitative estimate of drug-likeness (QED) is 0.202. The second-order valence-electron chi connectivity index (χ2n) is 9.02. The Morgan fingerprint density at radius 2 is 1.74 bits per heavy atom. The summed E-state index contributed by atoms with van der Waals surface area (Å²) in [6, 6.07) is -4.58. The number of hydrogen-bond donors (Lipinski definition) is 6. The molecule has 2 rings (SSSR count). The van der Waals surface area contributed by atoms with Crippen LogP contribution in [-0.2, 0) is 24.0 Å². The molecule has 6 atom stereocenters. The average molecular weight is 484 g/mol. The number of aliphatic carboxylic acids is 1. The number of aliphatic hydroxyl groups is 1. The highest BCUT2D eigenvalue weighted by Crippen LogP contribution is 2.19. The molecule has 0 aromatic heterocycles. The van der Waals surface area contributed by atoms with E-state index < -0.39 is 54.5 Å². The van der Waals surface area contributed by atoms with Crippen LogP contribution >= 0.6 is 0 Å². The number of hydrogen-bond acceptors (Lipinski definition) is 7. The highest BCUT2D eigenvalue weighted by Gasteiger charge is 2.39. The minimum Gasteiger partial charge on any atom is -0.480 e. The Balaban J connectivity index is 2.02. The summed E-state index contributed by atoms with van der Waals surface area (Å²) in [6.07, 6.45) is 2.92. The molecule has 12 heteroatoms. The normalized spacial score (nSPS) is 23.5. The van der Waals surface area contributed by atoms with Gasteiger partial charge in [-0.1, -0.05) is 20.3 Å². The molecule has 0 aromatic carbocycles. The van der Waals surface area contributed by atoms with Crippen molar-refractivity contribution in [1.82, 2.24) is 26.2 Å². The molecule has 6 N–H and O–H groups in total. The highest BCUT2D eigenvalue weighted by molar-refractivity contribution is 5.95. The number of carbonyl (C=O) groups is 5. The first kappa shape index (κ1) is 27.5. The van der Waals surface area contributed by atoms with Crippen LogP contribution in [-0.4, -0.2) is 94.6 Å². The highest BCUT2D eigenvalue weighted by atomic mass is 16.4. The standard InChI is InChI=1S/C22H37N5O7/c1-4-12(2)17(26-18(29)13(3)24-19(30)14-7-5-9-23-14)20(31)25-15(11-28)21(32)27-10-6-8-16(27)22(33)34/h12-17,23,28H,4-11H2,1-3H3,(H,24,30)(H,25,31)(H,26,29)(H,33,34)/t12-,13-,14-,15-,16-,17-/m0/s1. The SMILES string of the molecule is CC[C@H](C)[C@H](NC(=O)[C@H](C)NC(=O)[C@@H]1CCCN1)C(=O)N[C@@H](CO)C(=O)N1CCC[C@H]1C(=O)O. The molecule has 2 saturated heterocycles. The Hall–Kier alpha value is -2.73. The summed E-state index contributed by atoms with van der Waals surface area (Å²) in [4.78, 5) is 63.4. The lowest BCUT2D eigenvalue weighted by Gasteiger charge is -2.29. The van der Waals surface area contributed by atoms with Crippen LogP contribution in [0.25, 0.3) is 0 Å². The van der Waals surface area contributed by atoms with Crippen molar-refractivity contribution in [1.29, 1.82) is 0 Å². The van der Waals surface area contributed by atoms with E-state index >= 15 is 0 Å². The van der Waals surface area contributed by atoms with Crippen molar-refractivity contribution in [2.75, 3.05) is 19.7 Å². The molecule has 12 nitrogen and oxygen atoms in total. The minimum absolute atomic E-state index is 0.223. The van der Waals surface area contributed by atoms with Crippen molar-refractivity contribution in [2.45, 2.75) is 83.1 Å². The summed E-state index contributed by atoms with van der Waals surface area (Å²) in [6.45, 7) is 5.37. The first-order valence-corrected chi connectivity index (χ1v) is 11.9. The molecular formula is C22H37N5O7. The van der Waals surface area contributed by atoms with Gasteiger partial charge in [0.15, 0.2) is 0 Å². The zero-order valence-electron chi connectivity index (χ0n) is 20.0.